The van der Waals surface area contributed by atoms with E-state index in [1.54, 1.807) is 4.90 Å². The fourth-order valence-electron chi connectivity index (χ4n) is 10.2. The fourth-order valence-corrected chi connectivity index (χ4v) is 10.2. The Kier molecular flexibility index (Phi) is 11.1. The minimum absolute atomic E-state index is 0.0545. The van der Waals surface area contributed by atoms with Gasteiger partial charge in [0.05, 0.1) is 6.04 Å². The van der Waals surface area contributed by atoms with E-state index < -0.39 is 41.8 Å². The monoisotopic (exact) mass is 700 g/mol. The topological polar surface area (TPSA) is 157 Å². The minimum Gasteiger partial charge on any atom is -0.363 e. The van der Waals surface area contributed by atoms with Crippen molar-refractivity contribution in [3.63, 3.8) is 0 Å². The van der Waals surface area contributed by atoms with E-state index >= 15 is 0 Å². The Bertz CT molecular complexity index is 1310. The van der Waals surface area contributed by atoms with Gasteiger partial charge in [-0.1, -0.05) is 67.2 Å². The van der Waals surface area contributed by atoms with Crippen molar-refractivity contribution in [3.8, 4) is 0 Å². The molecule has 2 heterocycles. The lowest BCUT2D eigenvalue weighted by atomic mass is 9.73. The Hall–Kier alpha value is -2.73. The van der Waals surface area contributed by atoms with Gasteiger partial charge in [-0.05, 0) is 75.2 Å². The number of carbonyl (C=O) groups excluding carboxylic acids is 5. The second kappa shape index (κ2) is 14.4. The number of piperazine rings is 1. The summed E-state index contributed by atoms with van der Waals surface area (Å²) in [6.07, 6.45) is 7.08. The summed E-state index contributed by atoms with van der Waals surface area (Å²) >= 11 is 0. The fraction of sp³-hybridized carbons (Fsp3) is 0.868. The summed E-state index contributed by atoms with van der Waals surface area (Å²) in [5, 5.41) is 9.09. The molecule has 5 amide bonds. The summed E-state index contributed by atoms with van der Waals surface area (Å²) in [5.74, 6) is -2.37. The number of primary amides is 1. The number of nitrogens with one attached hydrogen (secondary N) is 3. The van der Waals surface area contributed by atoms with E-state index in [0.29, 0.717) is 38.0 Å². The molecule has 0 aromatic carbocycles. The van der Waals surface area contributed by atoms with Crippen molar-refractivity contribution >= 4 is 29.5 Å². The average molecular weight is 700 g/mol. The van der Waals surface area contributed by atoms with Crippen molar-refractivity contribution in [1.29, 1.82) is 0 Å². The summed E-state index contributed by atoms with van der Waals surface area (Å²) in [4.78, 5) is 73.8. The Labute approximate surface area is 299 Å². The highest BCUT2D eigenvalue weighted by atomic mass is 16.2. The third-order valence-corrected chi connectivity index (χ3v) is 14.3. The van der Waals surface area contributed by atoms with E-state index in [1.165, 1.54) is 0 Å². The number of nitrogens with two attached hydrogens (primary N) is 1. The quantitative estimate of drug-likeness (QED) is 0.216. The van der Waals surface area contributed by atoms with Crippen LogP contribution in [0.1, 0.15) is 107 Å². The molecule has 2 saturated heterocycles. The maximum Gasteiger partial charge on any atom is 0.315 e. The SMILES string of the molecule is CC(C)C(CN1C[C@@H](C)N(C)[C@@H](C)C1)NC(=O)NC(C(=O)N1CC2(C[C@H]1C(=O)NC(CC1CCC1)C(=O)C(N)=O)C(C)(C)C21CCC1)C(C)C. The second-order valence-corrected chi connectivity index (χ2v) is 17.9. The number of amides is 5. The molecule has 0 radical (unpaired) electrons. The maximum atomic E-state index is 14.6. The molecular weight excluding hydrogens is 634 g/mol. The molecule has 0 bridgehead atoms. The Balaban J connectivity index is 1.33. The molecule has 2 spiro atoms. The zero-order valence-electron chi connectivity index (χ0n) is 32.1. The largest absolute Gasteiger partial charge is 0.363 e. The zero-order chi connectivity index (χ0) is 36.9. The number of urea groups is 1. The van der Waals surface area contributed by atoms with Crippen LogP contribution in [0, 0.1) is 34.0 Å². The van der Waals surface area contributed by atoms with E-state index in [1.807, 2.05) is 13.8 Å². The predicted molar refractivity (Wildman–Crippen MR) is 193 cm³/mol. The van der Waals surface area contributed by atoms with Crippen molar-refractivity contribution in [3.05, 3.63) is 0 Å². The number of carbonyl (C=O) groups is 5. The molecule has 7 atom stereocenters. The highest BCUT2D eigenvalue weighted by Crippen LogP contribution is 2.88. The number of fused-ring (bicyclic) bond motifs is 1. The molecule has 3 aliphatic carbocycles. The molecule has 5 fully saturated rings. The summed E-state index contributed by atoms with van der Waals surface area (Å²) in [7, 11) is 2.16. The van der Waals surface area contributed by atoms with Crippen molar-refractivity contribution in [2.24, 2.45) is 39.7 Å². The van der Waals surface area contributed by atoms with Crippen molar-refractivity contribution < 1.29 is 24.0 Å². The lowest BCUT2D eigenvalue weighted by Crippen LogP contribution is -2.61. The smallest absolute Gasteiger partial charge is 0.315 e. The predicted octanol–water partition coefficient (Wildman–Crippen LogP) is 2.89. The molecule has 0 aromatic heterocycles. The first kappa shape index (κ1) is 38.5. The van der Waals surface area contributed by atoms with E-state index in [0.717, 1.165) is 51.6 Å². The van der Waals surface area contributed by atoms with Gasteiger partial charge in [0.15, 0.2) is 0 Å². The van der Waals surface area contributed by atoms with Gasteiger partial charge < -0.3 is 26.6 Å². The molecule has 50 heavy (non-hydrogen) atoms. The molecule has 2 aliphatic heterocycles. The van der Waals surface area contributed by atoms with Crippen LogP contribution in [0.3, 0.4) is 0 Å². The van der Waals surface area contributed by atoms with Crippen LogP contribution < -0.4 is 21.7 Å². The van der Waals surface area contributed by atoms with Crippen LogP contribution in [0.15, 0.2) is 0 Å². The lowest BCUT2D eigenvalue weighted by Gasteiger charge is -2.44. The third kappa shape index (κ3) is 6.79. The van der Waals surface area contributed by atoms with Crippen molar-refractivity contribution in [2.45, 2.75) is 143 Å². The van der Waals surface area contributed by atoms with Crippen LogP contribution >= 0.6 is 0 Å². The van der Waals surface area contributed by atoms with E-state index in [9.17, 15) is 24.0 Å². The molecule has 282 valence electrons. The maximum absolute atomic E-state index is 14.6. The number of hydrogen-bond acceptors (Lipinski definition) is 7. The normalized spacial score (nSPS) is 30.8. The van der Waals surface area contributed by atoms with Crippen LogP contribution in [0.4, 0.5) is 4.79 Å². The third-order valence-electron chi connectivity index (χ3n) is 14.3. The summed E-state index contributed by atoms with van der Waals surface area (Å²) in [5.41, 5.74) is 5.21. The first-order chi connectivity index (χ1) is 23.4. The Morgan fingerprint density at radius 2 is 1.48 bits per heavy atom. The van der Waals surface area contributed by atoms with Crippen LogP contribution in [0.25, 0.3) is 0 Å². The highest BCUT2D eigenvalue weighted by molar-refractivity contribution is 6.37. The van der Waals surface area contributed by atoms with Gasteiger partial charge in [-0.3, -0.25) is 29.0 Å². The Morgan fingerprint density at radius 3 is 1.94 bits per heavy atom. The number of Topliss-reactive ketones (excluding diaryl/α,β-unsaturated/α-hetero) is 1. The molecule has 5 N–H and O–H groups in total. The van der Waals surface area contributed by atoms with Crippen LogP contribution in [0.2, 0.25) is 0 Å². The van der Waals surface area contributed by atoms with Gasteiger partial charge in [0.25, 0.3) is 5.91 Å². The molecule has 5 aliphatic rings. The van der Waals surface area contributed by atoms with Gasteiger partial charge in [-0.15, -0.1) is 0 Å². The first-order valence-electron chi connectivity index (χ1n) is 19.3. The highest BCUT2D eigenvalue weighted by Gasteiger charge is 2.85. The van der Waals surface area contributed by atoms with Gasteiger partial charge in [0.1, 0.15) is 12.1 Å². The zero-order valence-corrected chi connectivity index (χ0v) is 32.1. The standard InChI is InChI=1S/C38H65N7O5/c1-22(2)28(20-44-18-24(5)43(9)25(6)19-44)41-35(50)42-30(23(3)4)34(49)45-21-38(36(7,8)37(38)14-11-15-37)17-29(45)33(48)40-27(31(46)32(39)47)16-26-12-10-13-26/h22-30H,10-21H2,1-9H3,(H2,39,47)(H,40,48)(H2,41,42,50)/t24-,25+,27?,28?,29-,30?,38?/m0/s1. The van der Waals surface area contributed by atoms with Crippen LogP contribution in [0.5, 0.6) is 0 Å². The number of rotatable bonds is 13. The minimum atomic E-state index is -1.06. The number of nitrogens with zero attached hydrogens (tertiary/aromatic N) is 3. The molecule has 5 rings (SSSR count). The molecule has 3 saturated carbocycles. The van der Waals surface area contributed by atoms with Crippen LogP contribution in [-0.2, 0) is 19.2 Å². The summed E-state index contributed by atoms with van der Waals surface area (Å²) in [6, 6.07) is -2.36. The number of likely N-dealkylation sites (N-methyl/N-ethyl adjacent to an activating group) is 1. The van der Waals surface area contributed by atoms with Crippen molar-refractivity contribution in [1.82, 2.24) is 30.7 Å². The first-order valence-corrected chi connectivity index (χ1v) is 19.3. The number of likely N-dealkylation sites (tertiary alicyclic amines) is 1. The van der Waals surface area contributed by atoms with Gasteiger partial charge in [-0.2, -0.15) is 0 Å². The number of hydrogen-bond donors (Lipinski definition) is 4. The van der Waals surface area contributed by atoms with Gasteiger partial charge in [0.2, 0.25) is 17.6 Å². The van der Waals surface area contributed by atoms with Gasteiger partial charge >= 0.3 is 6.03 Å². The van der Waals surface area contributed by atoms with E-state index in [-0.39, 0.29) is 45.9 Å². The van der Waals surface area contributed by atoms with E-state index in [2.05, 4.69) is 74.3 Å². The molecule has 12 heteroatoms. The van der Waals surface area contributed by atoms with Crippen LogP contribution in [-0.4, -0.2) is 114 Å². The number of ketones is 1. The molecule has 12 nitrogen and oxygen atoms in total. The Morgan fingerprint density at radius 1 is 0.860 bits per heavy atom. The molecule has 0 aromatic rings. The second-order valence-electron chi connectivity index (χ2n) is 17.9. The lowest BCUT2D eigenvalue weighted by molar-refractivity contribution is -0.142. The molecular formula is C38H65N7O5. The summed E-state index contributed by atoms with van der Waals surface area (Å²) in [6.45, 7) is 20.0. The average Bonchev–Trinajstić information content (AvgIpc) is 3.21. The van der Waals surface area contributed by atoms with Gasteiger partial charge in [-0.25, -0.2) is 4.79 Å². The van der Waals surface area contributed by atoms with Gasteiger partial charge in [0, 0.05) is 49.7 Å². The van der Waals surface area contributed by atoms with E-state index in [4.69, 9.17) is 5.73 Å². The summed E-state index contributed by atoms with van der Waals surface area (Å²) < 4.78 is 0. The van der Waals surface area contributed by atoms with Crippen molar-refractivity contribution in [2.75, 3.05) is 33.2 Å². The molecule has 4 unspecified atom stereocenters.